The quantitative estimate of drug-likeness (QED) is 0.614. The van der Waals surface area contributed by atoms with E-state index < -0.39 is 26.5 Å². The second-order valence-electron chi connectivity index (χ2n) is 3.92. The van der Waals surface area contributed by atoms with Crippen LogP contribution < -0.4 is 0 Å². The van der Waals surface area contributed by atoms with Crippen LogP contribution in [-0.4, -0.2) is 30.7 Å². The van der Waals surface area contributed by atoms with Crippen molar-refractivity contribution < 1.29 is 17.7 Å². The first-order valence-electron chi connectivity index (χ1n) is 5.70. The van der Waals surface area contributed by atoms with Gasteiger partial charge in [0.05, 0.1) is 9.82 Å². The molecule has 0 bridgehead atoms. The molecule has 0 saturated carbocycles. The Morgan fingerprint density at radius 2 is 1.84 bits per heavy atom. The summed E-state index contributed by atoms with van der Waals surface area (Å²) >= 11 is 0. The largest absolute Gasteiger partial charge is 0.306 e. The van der Waals surface area contributed by atoms with Gasteiger partial charge in [0.1, 0.15) is 0 Å². The van der Waals surface area contributed by atoms with Crippen molar-refractivity contribution in [2.24, 2.45) is 0 Å². The normalized spacial score (nSPS) is 11.8. The zero-order valence-corrected chi connectivity index (χ0v) is 11.7. The molecule has 0 amide bonds. The Bertz CT molecular complexity index is 597. The van der Waals surface area contributed by atoms with Crippen LogP contribution in [0.4, 0.5) is 10.1 Å². The Balaban J connectivity index is 3.49. The summed E-state index contributed by atoms with van der Waals surface area (Å²) in [4.78, 5) is 9.53. The molecule has 0 heterocycles. The van der Waals surface area contributed by atoms with E-state index in [1.807, 2.05) is 0 Å². The Labute approximate surface area is 111 Å². The lowest BCUT2D eigenvalue weighted by Crippen LogP contribution is -2.30. The fourth-order valence-corrected chi connectivity index (χ4v) is 3.28. The lowest BCUT2D eigenvalue weighted by molar-refractivity contribution is -0.387. The highest BCUT2D eigenvalue weighted by Gasteiger charge is 2.27. The number of benzene rings is 1. The molecule has 6 nitrogen and oxygen atoms in total. The molecule has 0 aliphatic heterocycles. The summed E-state index contributed by atoms with van der Waals surface area (Å²) in [5.41, 5.74) is -0.898. The summed E-state index contributed by atoms with van der Waals surface area (Å²) in [7, 11) is -3.83. The molecular formula is C11H15FN2O4S. The lowest BCUT2D eigenvalue weighted by atomic mass is 10.2. The average Bonchev–Trinajstić information content (AvgIpc) is 2.33. The van der Waals surface area contributed by atoms with E-state index in [0.29, 0.717) is 0 Å². The summed E-state index contributed by atoms with van der Waals surface area (Å²) in [6, 6.07) is 1.87. The molecule has 0 aliphatic rings. The minimum atomic E-state index is -3.83. The van der Waals surface area contributed by atoms with Gasteiger partial charge in [-0.3, -0.25) is 10.1 Å². The number of rotatable bonds is 5. The van der Waals surface area contributed by atoms with E-state index in [2.05, 4.69) is 0 Å². The first-order valence-corrected chi connectivity index (χ1v) is 7.14. The Hall–Kier alpha value is -1.54. The maximum Gasteiger partial charge on any atom is 0.306 e. The number of nitrogens with zero attached hydrogens (tertiary/aromatic N) is 2. The SMILES string of the molecule is CCN(CC)S(=O)(=O)c1cc(C)c(F)c([N+](=O)[O-])c1. The molecule has 106 valence electrons. The highest BCUT2D eigenvalue weighted by Crippen LogP contribution is 2.26. The predicted octanol–water partition coefficient (Wildman–Crippen LogP) is 2.07. The van der Waals surface area contributed by atoms with Crippen molar-refractivity contribution in [2.75, 3.05) is 13.1 Å². The minimum Gasteiger partial charge on any atom is -0.258 e. The number of hydrogen-bond acceptors (Lipinski definition) is 4. The highest BCUT2D eigenvalue weighted by molar-refractivity contribution is 7.89. The topological polar surface area (TPSA) is 80.5 Å². The van der Waals surface area contributed by atoms with Crippen molar-refractivity contribution >= 4 is 15.7 Å². The first-order chi connectivity index (χ1) is 8.75. The van der Waals surface area contributed by atoms with E-state index in [1.54, 1.807) is 13.8 Å². The van der Waals surface area contributed by atoms with E-state index >= 15 is 0 Å². The van der Waals surface area contributed by atoms with Gasteiger partial charge < -0.3 is 0 Å². The standard InChI is InChI=1S/C11H15FN2O4S/c1-4-13(5-2)19(17,18)9-6-8(3)11(12)10(7-9)14(15)16/h6-7H,4-5H2,1-3H3. The molecule has 0 fully saturated rings. The smallest absolute Gasteiger partial charge is 0.258 e. The summed E-state index contributed by atoms with van der Waals surface area (Å²) in [5, 5.41) is 10.7. The van der Waals surface area contributed by atoms with Gasteiger partial charge in [-0.2, -0.15) is 8.70 Å². The number of nitro groups is 1. The van der Waals surface area contributed by atoms with Crippen molar-refractivity contribution in [1.29, 1.82) is 0 Å². The van der Waals surface area contributed by atoms with Gasteiger partial charge >= 0.3 is 5.69 Å². The third kappa shape index (κ3) is 2.90. The molecule has 0 saturated heterocycles. The lowest BCUT2D eigenvalue weighted by Gasteiger charge is -2.18. The first kappa shape index (κ1) is 15.5. The third-order valence-electron chi connectivity index (χ3n) is 2.75. The Morgan fingerprint density at radius 1 is 1.32 bits per heavy atom. The van der Waals surface area contributed by atoms with Crippen LogP contribution in [-0.2, 0) is 10.0 Å². The molecule has 0 spiro atoms. The monoisotopic (exact) mass is 290 g/mol. The maximum atomic E-state index is 13.5. The number of halogens is 1. The van der Waals surface area contributed by atoms with Crippen LogP contribution in [0, 0.1) is 22.9 Å². The second kappa shape index (κ2) is 5.62. The fraction of sp³-hybridized carbons (Fsp3) is 0.455. The van der Waals surface area contributed by atoms with Gasteiger partial charge in [-0.25, -0.2) is 8.42 Å². The average molecular weight is 290 g/mol. The molecule has 19 heavy (non-hydrogen) atoms. The van der Waals surface area contributed by atoms with Crippen molar-refractivity contribution in [1.82, 2.24) is 4.31 Å². The van der Waals surface area contributed by atoms with Crippen LogP contribution in [0.3, 0.4) is 0 Å². The molecule has 0 unspecified atom stereocenters. The molecule has 0 aliphatic carbocycles. The predicted molar refractivity (Wildman–Crippen MR) is 67.9 cm³/mol. The van der Waals surface area contributed by atoms with E-state index in [1.165, 1.54) is 6.92 Å². The highest BCUT2D eigenvalue weighted by atomic mass is 32.2. The molecule has 8 heteroatoms. The van der Waals surface area contributed by atoms with Gasteiger partial charge in [-0.05, 0) is 18.6 Å². The maximum absolute atomic E-state index is 13.5. The number of nitro benzene ring substituents is 1. The van der Waals surface area contributed by atoms with Gasteiger partial charge in [0, 0.05) is 19.2 Å². The molecule has 0 radical (unpaired) electrons. The van der Waals surface area contributed by atoms with Crippen molar-refractivity contribution in [2.45, 2.75) is 25.7 Å². The van der Waals surface area contributed by atoms with Gasteiger partial charge in [0.25, 0.3) is 0 Å². The summed E-state index contributed by atoms with van der Waals surface area (Å²) in [5.74, 6) is -1.01. The van der Waals surface area contributed by atoms with Crippen LogP contribution >= 0.6 is 0 Å². The molecular weight excluding hydrogens is 275 g/mol. The number of sulfonamides is 1. The Kier molecular flexibility index (Phi) is 4.59. The molecule has 0 N–H and O–H groups in total. The zero-order chi connectivity index (χ0) is 14.8. The van der Waals surface area contributed by atoms with Crippen molar-refractivity contribution in [3.8, 4) is 0 Å². The van der Waals surface area contributed by atoms with E-state index in [0.717, 1.165) is 16.4 Å². The van der Waals surface area contributed by atoms with Gasteiger partial charge in [0.2, 0.25) is 15.8 Å². The summed E-state index contributed by atoms with van der Waals surface area (Å²) in [6.45, 7) is 5.09. The van der Waals surface area contributed by atoms with Crippen LogP contribution in [0.5, 0.6) is 0 Å². The van der Waals surface area contributed by atoms with Gasteiger partial charge in [-0.15, -0.1) is 0 Å². The molecule has 1 rings (SSSR count). The second-order valence-corrected chi connectivity index (χ2v) is 5.86. The van der Waals surface area contributed by atoms with E-state index in [-0.39, 0.29) is 23.5 Å². The van der Waals surface area contributed by atoms with Gasteiger partial charge in [0.15, 0.2) is 0 Å². The van der Waals surface area contributed by atoms with Crippen LogP contribution in [0.1, 0.15) is 19.4 Å². The van der Waals surface area contributed by atoms with E-state index in [9.17, 15) is 22.9 Å². The molecule has 1 aromatic carbocycles. The van der Waals surface area contributed by atoms with Crippen LogP contribution in [0.2, 0.25) is 0 Å². The van der Waals surface area contributed by atoms with Gasteiger partial charge in [-0.1, -0.05) is 13.8 Å². The van der Waals surface area contributed by atoms with E-state index in [4.69, 9.17) is 0 Å². The summed E-state index contributed by atoms with van der Waals surface area (Å²) < 4.78 is 39.1. The minimum absolute atomic E-state index is 0.0695. The fourth-order valence-electron chi connectivity index (χ4n) is 1.71. The number of hydrogen-bond donors (Lipinski definition) is 0. The van der Waals surface area contributed by atoms with Crippen LogP contribution in [0.15, 0.2) is 17.0 Å². The number of aryl methyl sites for hydroxylation is 1. The summed E-state index contributed by atoms with van der Waals surface area (Å²) in [6.07, 6.45) is 0. The third-order valence-corrected chi connectivity index (χ3v) is 4.78. The van der Waals surface area contributed by atoms with Crippen molar-refractivity contribution in [3.05, 3.63) is 33.6 Å². The molecule has 1 aromatic rings. The van der Waals surface area contributed by atoms with Crippen LogP contribution in [0.25, 0.3) is 0 Å². The molecule has 0 atom stereocenters. The Morgan fingerprint density at radius 3 is 2.26 bits per heavy atom. The molecule has 0 aromatic heterocycles. The zero-order valence-electron chi connectivity index (χ0n) is 10.9. The van der Waals surface area contributed by atoms with Crippen molar-refractivity contribution in [3.63, 3.8) is 0 Å².